The number of nitro groups is 1. The summed E-state index contributed by atoms with van der Waals surface area (Å²) in [6.45, 7) is 8.54. The molecule has 1 aliphatic heterocycles. The molecule has 24 heavy (non-hydrogen) atoms. The first-order chi connectivity index (χ1) is 11.5. The summed E-state index contributed by atoms with van der Waals surface area (Å²) in [6.07, 6.45) is 5.46. The summed E-state index contributed by atoms with van der Waals surface area (Å²) in [5.41, 5.74) is 7.40. The number of fused-ring (bicyclic) bond motifs is 1. The predicted octanol–water partition coefficient (Wildman–Crippen LogP) is 4.16. The second-order valence-corrected chi connectivity index (χ2v) is 5.70. The number of nitrogens with zero attached hydrogens (tertiary/aromatic N) is 3. The van der Waals surface area contributed by atoms with Gasteiger partial charge in [-0.25, -0.2) is 4.98 Å². The van der Waals surface area contributed by atoms with Gasteiger partial charge < -0.3 is 10.6 Å². The number of nitrogens with two attached hydrogens (primary N) is 1. The van der Waals surface area contributed by atoms with Gasteiger partial charge in [0.25, 0.3) is 0 Å². The molecule has 0 atom stereocenters. The second-order valence-electron chi connectivity index (χ2n) is 5.70. The van der Waals surface area contributed by atoms with Gasteiger partial charge in [-0.1, -0.05) is 31.9 Å². The Morgan fingerprint density at radius 1 is 1.21 bits per heavy atom. The summed E-state index contributed by atoms with van der Waals surface area (Å²) in [5.74, 6) is 0. The molecule has 6 heteroatoms. The quantitative estimate of drug-likeness (QED) is 0.626. The van der Waals surface area contributed by atoms with Gasteiger partial charge in [-0.15, -0.1) is 0 Å². The van der Waals surface area contributed by atoms with E-state index >= 15 is 0 Å². The number of aromatic nitrogens is 1. The lowest BCUT2D eigenvalue weighted by Gasteiger charge is -2.20. The van der Waals surface area contributed by atoms with Crippen LogP contribution in [-0.2, 0) is 0 Å². The molecule has 2 aromatic rings. The number of nitrogen functional groups attached to an aromatic ring is 1. The fourth-order valence-electron chi connectivity index (χ4n) is 2.51. The van der Waals surface area contributed by atoms with Crippen molar-refractivity contribution in [2.45, 2.75) is 40.0 Å². The summed E-state index contributed by atoms with van der Waals surface area (Å²) in [4.78, 5) is 16.5. The van der Waals surface area contributed by atoms with E-state index < -0.39 is 4.92 Å². The van der Waals surface area contributed by atoms with Crippen LogP contribution in [0.3, 0.4) is 0 Å². The van der Waals surface area contributed by atoms with E-state index in [2.05, 4.69) is 16.9 Å². The lowest BCUT2D eigenvalue weighted by atomic mass is 10.1. The molecular formula is C18H28N4O2. The van der Waals surface area contributed by atoms with Crippen LogP contribution in [-0.4, -0.2) is 34.9 Å². The SMILES string of the molecule is CC.CN1CCCCC1.Cc1ccc2ncc([N+](=O)[O-])c(N)c2c1. The largest absolute Gasteiger partial charge is 0.393 e. The van der Waals surface area contributed by atoms with Crippen LogP contribution in [0.2, 0.25) is 0 Å². The Balaban J connectivity index is 0.000000268. The zero-order valence-corrected chi connectivity index (χ0v) is 15.1. The van der Waals surface area contributed by atoms with E-state index in [1.54, 1.807) is 12.1 Å². The molecular weight excluding hydrogens is 304 g/mol. The van der Waals surface area contributed by atoms with E-state index in [9.17, 15) is 10.1 Å². The molecule has 132 valence electrons. The summed E-state index contributed by atoms with van der Waals surface area (Å²) >= 11 is 0. The molecule has 0 spiro atoms. The van der Waals surface area contributed by atoms with Crippen LogP contribution in [0.5, 0.6) is 0 Å². The lowest BCUT2D eigenvalue weighted by Crippen LogP contribution is -2.24. The van der Waals surface area contributed by atoms with Crippen molar-refractivity contribution < 1.29 is 4.92 Å². The van der Waals surface area contributed by atoms with Crippen molar-refractivity contribution in [3.8, 4) is 0 Å². The van der Waals surface area contributed by atoms with Gasteiger partial charge >= 0.3 is 5.69 Å². The number of hydrogen-bond donors (Lipinski definition) is 1. The first-order valence-corrected chi connectivity index (χ1v) is 8.47. The minimum Gasteiger partial charge on any atom is -0.393 e. The van der Waals surface area contributed by atoms with Crippen LogP contribution in [0.15, 0.2) is 24.4 Å². The molecule has 6 nitrogen and oxygen atoms in total. The van der Waals surface area contributed by atoms with E-state index in [0.717, 1.165) is 5.56 Å². The molecule has 2 N–H and O–H groups in total. The van der Waals surface area contributed by atoms with Gasteiger partial charge in [-0.2, -0.15) is 0 Å². The Labute approximate surface area is 143 Å². The fourth-order valence-corrected chi connectivity index (χ4v) is 2.51. The van der Waals surface area contributed by atoms with Crippen LogP contribution in [0.4, 0.5) is 11.4 Å². The molecule has 1 aliphatic rings. The van der Waals surface area contributed by atoms with Crippen molar-refractivity contribution in [2.75, 3.05) is 25.9 Å². The van der Waals surface area contributed by atoms with Crippen LogP contribution in [0, 0.1) is 17.0 Å². The Bertz CT molecular complexity index is 667. The molecule has 2 heterocycles. The number of hydrogen-bond acceptors (Lipinski definition) is 5. The molecule has 1 saturated heterocycles. The highest BCUT2D eigenvalue weighted by molar-refractivity contribution is 5.94. The molecule has 0 radical (unpaired) electrons. The highest BCUT2D eigenvalue weighted by Crippen LogP contribution is 2.28. The molecule has 1 fully saturated rings. The molecule has 1 aromatic heterocycles. The molecule has 1 aromatic carbocycles. The number of pyridine rings is 1. The average molecular weight is 332 g/mol. The summed E-state index contributed by atoms with van der Waals surface area (Å²) in [6, 6.07) is 5.48. The maximum absolute atomic E-state index is 10.6. The molecule has 0 aliphatic carbocycles. The molecule has 0 amide bonds. The lowest BCUT2D eigenvalue weighted by molar-refractivity contribution is -0.384. The van der Waals surface area contributed by atoms with Crippen molar-refractivity contribution in [1.82, 2.24) is 9.88 Å². The van der Waals surface area contributed by atoms with Gasteiger partial charge in [-0.05, 0) is 52.0 Å². The van der Waals surface area contributed by atoms with Crippen molar-refractivity contribution in [2.24, 2.45) is 0 Å². The maximum Gasteiger partial charge on any atom is 0.310 e. The van der Waals surface area contributed by atoms with E-state index in [4.69, 9.17) is 5.73 Å². The highest BCUT2D eigenvalue weighted by Gasteiger charge is 2.14. The van der Waals surface area contributed by atoms with Gasteiger partial charge in [0, 0.05) is 5.39 Å². The zero-order chi connectivity index (χ0) is 18.1. The van der Waals surface area contributed by atoms with E-state index in [0.29, 0.717) is 10.9 Å². The smallest absolute Gasteiger partial charge is 0.310 e. The van der Waals surface area contributed by atoms with Crippen molar-refractivity contribution in [3.63, 3.8) is 0 Å². The third kappa shape index (κ3) is 5.45. The molecule has 0 bridgehead atoms. The van der Waals surface area contributed by atoms with Gasteiger partial charge in [0.05, 0.1) is 10.4 Å². The van der Waals surface area contributed by atoms with E-state index in [-0.39, 0.29) is 11.4 Å². The van der Waals surface area contributed by atoms with Gasteiger partial charge in [0.1, 0.15) is 11.9 Å². The van der Waals surface area contributed by atoms with E-state index in [1.807, 2.05) is 26.8 Å². The summed E-state index contributed by atoms with van der Waals surface area (Å²) < 4.78 is 0. The topological polar surface area (TPSA) is 85.3 Å². The minimum atomic E-state index is -0.524. The number of piperidine rings is 1. The Morgan fingerprint density at radius 2 is 1.83 bits per heavy atom. The number of rotatable bonds is 1. The number of aryl methyl sites for hydroxylation is 1. The minimum absolute atomic E-state index is 0.145. The van der Waals surface area contributed by atoms with Crippen molar-refractivity contribution in [3.05, 3.63) is 40.1 Å². The summed E-state index contributed by atoms with van der Waals surface area (Å²) in [5, 5.41) is 11.3. The van der Waals surface area contributed by atoms with Crippen LogP contribution >= 0.6 is 0 Å². The van der Waals surface area contributed by atoms with Crippen LogP contribution < -0.4 is 5.73 Å². The predicted molar refractivity (Wildman–Crippen MR) is 100 cm³/mol. The second kappa shape index (κ2) is 9.82. The number of benzene rings is 1. The Hall–Kier alpha value is -2.21. The highest BCUT2D eigenvalue weighted by atomic mass is 16.6. The number of anilines is 1. The van der Waals surface area contributed by atoms with E-state index in [1.165, 1.54) is 38.5 Å². The first-order valence-electron chi connectivity index (χ1n) is 8.47. The van der Waals surface area contributed by atoms with Crippen LogP contribution in [0.1, 0.15) is 38.7 Å². The summed E-state index contributed by atoms with van der Waals surface area (Å²) in [7, 11) is 2.19. The third-order valence-corrected chi connectivity index (χ3v) is 3.82. The van der Waals surface area contributed by atoms with Crippen molar-refractivity contribution in [1.29, 1.82) is 0 Å². The van der Waals surface area contributed by atoms with Crippen LogP contribution in [0.25, 0.3) is 10.9 Å². The van der Waals surface area contributed by atoms with Gasteiger partial charge in [0.2, 0.25) is 0 Å². The van der Waals surface area contributed by atoms with Gasteiger partial charge in [-0.3, -0.25) is 10.1 Å². The molecule has 0 unspecified atom stereocenters. The maximum atomic E-state index is 10.6. The Kier molecular flexibility index (Phi) is 8.12. The molecule has 0 saturated carbocycles. The normalized spacial score (nSPS) is 14.2. The van der Waals surface area contributed by atoms with Gasteiger partial charge in [0.15, 0.2) is 0 Å². The molecule has 3 rings (SSSR count). The average Bonchev–Trinajstić information content (AvgIpc) is 2.58. The van der Waals surface area contributed by atoms with Crippen molar-refractivity contribution >= 4 is 22.3 Å². The monoisotopic (exact) mass is 332 g/mol. The first kappa shape index (κ1) is 19.8. The Morgan fingerprint density at radius 3 is 2.33 bits per heavy atom. The number of likely N-dealkylation sites (tertiary alicyclic amines) is 1. The third-order valence-electron chi connectivity index (χ3n) is 3.82. The zero-order valence-electron chi connectivity index (χ0n) is 15.1. The fraction of sp³-hybridized carbons (Fsp3) is 0.500. The standard InChI is InChI=1S/C10H9N3O2.C6H13N.C2H6/c1-6-2-3-8-7(4-6)10(11)9(5-12-8)13(14)15;1-7-5-3-2-4-6-7;1-2/h2-5H,1H3,(H2,11,12);2-6H2,1H3;1-2H3.